The molecule has 0 aromatic heterocycles. The Morgan fingerprint density at radius 3 is 2.80 bits per heavy atom. The van der Waals surface area contributed by atoms with Crippen molar-refractivity contribution in [1.29, 1.82) is 0 Å². The Labute approximate surface area is 63.1 Å². The van der Waals surface area contributed by atoms with Gasteiger partial charge >= 0.3 is 11.9 Å². The SMILES string of the molecule is CSCC1CC(=O)OC1=O. The lowest BCUT2D eigenvalue weighted by atomic mass is 10.1. The Balaban J connectivity index is 2.46. The molecule has 0 saturated carbocycles. The molecular formula is C6H8O3S. The highest BCUT2D eigenvalue weighted by molar-refractivity contribution is 7.98. The predicted molar refractivity (Wildman–Crippen MR) is 37.6 cm³/mol. The van der Waals surface area contributed by atoms with Crippen molar-refractivity contribution in [2.24, 2.45) is 5.92 Å². The minimum Gasteiger partial charge on any atom is -0.393 e. The van der Waals surface area contributed by atoms with E-state index >= 15 is 0 Å². The molecule has 1 aliphatic rings. The first-order chi connectivity index (χ1) is 4.74. The third-order valence-corrected chi connectivity index (χ3v) is 2.06. The van der Waals surface area contributed by atoms with Crippen LogP contribution in [0.4, 0.5) is 0 Å². The molecule has 1 aliphatic heterocycles. The predicted octanol–water partition coefficient (Wildman–Crippen LogP) is 0.439. The van der Waals surface area contributed by atoms with Crippen LogP contribution in [0.15, 0.2) is 0 Å². The van der Waals surface area contributed by atoms with Gasteiger partial charge in [-0.25, -0.2) is 0 Å². The zero-order valence-corrected chi connectivity index (χ0v) is 6.44. The first kappa shape index (κ1) is 7.60. The molecular weight excluding hydrogens is 152 g/mol. The number of hydrogen-bond acceptors (Lipinski definition) is 4. The summed E-state index contributed by atoms with van der Waals surface area (Å²) in [5.74, 6) is -0.254. The normalized spacial score (nSPS) is 25.1. The number of thioether (sulfide) groups is 1. The van der Waals surface area contributed by atoms with Crippen LogP contribution in [-0.2, 0) is 14.3 Å². The van der Waals surface area contributed by atoms with Crippen LogP contribution in [0, 0.1) is 5.92 Å². The third-order valence-electron chi connectivity index (χ3n) is 1.33. The molecule has 10 heavy (non-hydrogen) atoms. The van der Waals surface area contributed by atoms with Gasteiger partial charge < -0.3 is 4.74 Å². The van der Waals surface area contributed by atoms with E-state index in [4.69, 9.17) is 0 Å². The molecule has 0 spiro atoms. The zero-order chi connectivity index (χ0) is 7.56. The van der Waals surface area contributed by atoms with Crippen molar-refractivity contribution in [3.05, 3.63) is 0 Å². The van der Waals surface area contributed by atoms with Crippen molar-refractivity contribution in [3.8, 4) is 0 Å². The minimum absolute atomic E-state index is 0.192. The fourth-order valence-corrected chi connectivity index (χ4v) is 1.51. The average Bonchev–Trinajstić information content (AvgIpc) is 2.13. The first-order valence-corrected chi connectivity index (χ1v) is 4.37. The number of carbonyl (C=O) groups is 2. The monoisotopic (exact) mass is 160 g/mol. The molecule has 0 bridgehead atoms. The van der Waals surface area contributed by atoms with Gasteiger partial charge in [0.25, 0.3) is 0 Å². The van der Waals surface area contributed by atoms with Crippen LogP contribution in [0.3, 0.4) is 0 Å². The van der Waals surface area contributed by atoms with E-state index in [1.165, 1.54) is 0 Å². The van der Waals surface area contributed by atoms with Crippen LogP contribution in [0.25, 0.3) is 0 Å². The van der Waals surface area contributed by atoms with E-state index in [9.17, 15) is 9.59 Å². The van der Waals surface area contributed by atoms with Gasteiger partial charge in [0.05, 0.1) is 12.3 Å². The van der Waals surface area contributed by atoms with Crippen molar-refractivity contribution in [1.82, 2.24) is 0 Å². The molecule has 1 rings (SSSR count). The van der Waals surface area contributed by atoms with Gasteiger partial charge in [-0.15, -0.1) is 0 Å². The lowest BCUT2D eigenvalue weighted by molar-refractivity contribution is -0.152. The van der Waals surface area contributed by atoms with E-state index in [0.29, 0.717) is 5.75 Å². The number of rotatable bonds is 2. The second-order valence-electron chi connectivity index (χ2n) is 2.15. The maximum Gasteiger partial charge on any atom is 0.318 e. The molecule has 1 saturated heterocycles. The molecule has 3 nitrogen and oxygen atoms in total. The first-order valence-electron chi connectivity index (χ1n) is 2.97. The number of ether oxygens (including phenoxy) is 1. The Morgan fingerprint density at radius 1 is 1.70 bits per heavy atom. The van der Waals surface area contributed by atoms with Gasteiger partial charge in [-0.3, -0.25) is 9.59 Å². The summed E-state index contributed by atoms with van der Waals surface area (Å²) in [4.78, 5) is 21.2. The molecule has 0 amide bonds. The molecule has 0 aliphatic carbocycles. The van der Waals surface area contributed by atoms with Crippen molar-refractivity contribution < 1.29 is 14.3 Å². The van der Waals surface area contributed by atoms with E-state index < -0.39 is 0 Å². The van der Waals surface area contributed by atoms with Gasteiger partial charge in [0.1, 0.15) is 0 Å². The number of carbonyl (C=O) groups excluding carboxylic acids is 2. The highest BCUT2D eigenvalue weighted by Crippen LogP contribution is 2.18. The Bertz CT molecular complexity index is 166. The third kappa shape index (κ3) is 1.50. The second kappa shape index (κ2) is 3.05. The highest BCUT2D eigenvalue weighted by atomic mass is 32.2. The van der Waals surface area contributed by atoms with E-state index in [-0.39, 0.29) is 24.3 Å². The summed E-state index contributed by atoms with van der Waals surface area (Å²) in [7, 11) is 0. The summed E-state index contributed by atoms with van der Waals surface area (Å²) in [5, 5.41) is 0. The van der Waals surface area contributed by atoms with E-state index in [2.05, 4.69) is 4.74 Å². The van der Waals surface area contributed by atoms with Gasteiger partial charge in [0.2, 0.25) is 0 Å². The van der Waals surface area contributed by atoms with Crippen molar-refractivity contribution in [3.63, 3.8) is 0 Å². The van der Waals surface area contributed by atoms with Crippen LogP contribution < -0.4 is 0 Å². The molecule has 0 aromatic carbocycles. The lowest BCUT2D eigenvalue weighted by Crippen LogP contribution is -2.09. The summed E-state index contributed by atoms with van der Waals surface area (Å²) < 4.78 is 4.34. The summed E-state index contributed by atoms with van der Waals surface area (Å²) in [5.41, 5.74) is 0. The second-order valence-corrected chi connectivity index (χ2v) is 3.06. The highest BCUT2D eigenvalue weighted by Gasteiger charge is 2.32. The van der Waals surface area contributed by atoms with Gasteiger partial charge in [-0.05, 0) is 6.26 Å². The van der Waals surface area contributed by atoms with Crippen LogP contribution in [0.1, 0.15) is 6.42 Å². The maximum atomic E-state index is 10.7. The van der Waals surface area contributed by atoms with Crippen LogP contribution >= 0.6 is 11.8 Å². The summed E-state index contributed by atoms with van der Waals surface area (Å²) in [6.07, 6.45) is 2.16. The van der Waals surface area contributed by atoms with E-state index in [1.807, 2.05) is 6.26 Å². The average molecular weight is 160 g/mol. The number of esters is 2. The fourth-order valence-electron chi connectivity index (χ4n) is 0.850. The van der Waals surface area contributed by atoms with E-state index in [0.717, 1.165) is 0 Å². The summed E-state index contributed by atoms with van der Waals surface area (Å²) in [6, 6.07) is 0. The molecule has 1 unspecified atom stereocenters. The molecule has 56 valence electrons. The van der Waals surface area contributed by atoms with Gasteiger partial charge in [0.15, 0.2) is 0 Å². The van der Waals surface area contributed by atoms with Crippen molar-refractivity contribution >= 4 is 23.7 Å². The van der Waals surface area contributed by atoms with Gasteiger partial charge in [-0.2, -0.15) is 11.8 Å². The van der Waals surface area contributed by atoms with Crippen LogP contribution in [0.2, 0.25) is 0 Å². The van der Waals surface area contributed by atoms with E-state index in [1.54, 1.807) is 11.8 Å². The zero-order valence-electron chi connectivity index (χ0n) is 5.62. The van der Waals surface area contributed by atoms with Crippen molar-refractivity contribution in [2.45, 2.75) is 6.42 Å². The molecule has 1 atom stereocenters. The fraction of sp³-hybridized carbons (Fsp3) is 0.667. The smallest absolute Gasteiger partial charge is 0.318 e. The molecule has 1 fully saturated rings. The minimum atomic E-state index is -0.385. The quantitative estimate of drug-likeness (QED) is 0.434. The molecule has 0 radical (unpaired) electrons. The lowest BCUT2D eigenvalue weighted by Gasteiger charge is -1.97. The molecule has 1 heterocycles. The van der Waals surface area contributed by atoms with Crippen LogP contribution in [-0.4, -0.2) is 23.9 Å². The topological polar surface area (TPSA) is 43.4 Å². The molecule has 4 heteroatoms. The summed E-state index contributed by atoms with van der Waals surface area (Å²) in [6.45, 7) is 0. The standard InChI is InChI=1S/C6H8O3S/c1-10-3-4-2-5(7)9-6(4)8/h4H,2-3H2,1H3. The Kier molecular flexibility index (Phi) is 2.32. The summed E-state index contributed by atoms with van der Waals surface area (Å²) >= 11 is 1.55. The van der Waals surface area contributed by atoms with Crippen LogP contribution in [0.5, 0.6) is 0 Å². The molecule has 0 aromatic rings. The molecule has 0 N–H and O–H groups in total. The number of hydrogen-bond donors (Lipinski definition) is 0. The Morgan fingerprint density at radius 2 is 2.40 bits per heavy atom. The van der Waals surface area contributed by atoms with Crippen molar-refractivity contribution in [2.75, 3.05) is 12.0 Å². The largest absolute Gasteiger partial charge is 0.393 e. The maximum absolute atomic E-state index is 10.7. The Hall–Kier alpha value is -0.510. The van der Waals surface area contributed by atoms with Gasteiger partial charge in [-0.1, -0.05) is 0 Å². The number of cyclic esters (lactones) is 2. The van der Waals surface area contributed by atoms with Gasteiger partial charge in [0, 0.05) is 5.75 Å².